The fraction of sp³-hybridized carbons (Fsp3) is 0.241. The number of nitrogens with one attached hydrogen (secondary N) is 1. The van der Waals surface area contributed by atoms with Crippen molar-refractivity contribution in [2.45, 2.75) is 36.9 Å². The van der Waals surface area contributed by atoms with Crippen LogP contribution in [-0.2, 0) is 31.0 Å². The van der Waals surface area contributed by atoms with Crippen molar-refractivity contribution in [2.75, 3.05) is 14.2 Å². The van der Waals surface area contributed by atoms with Gasteiger partial charge in [0, 0.05) is 18.3 Å². The van der Waals surface area contributed by atoms with E-state index in [0.29, 0.717) is 22.6 Å². The number of nitro benzene ring substituents is 1. The fourth-order valence-corrected chi connectivity index (χ4v) is 5.67. The van der Waals surface area contributed by atoms with Crippen molar-refractivity contribution in [1.29, 1.82) is 0 Å². The molecule has 2 atom stereocenters. The van der Waals surface area contributed by atoms with Gasteiger partial charge in [-0.1, -0.05) is 30.3 Å². The third-order valence-electron chi connectivity index (χ3n) is 6.62. The van der Waals surface area contributed by atoms with Gasteiger partial charge >= 0.3 is 5.97 Å². The van der Waals surface area contributed by atoms with Crippen molar-refractivity contribution in [3.63, 3.8) is 0 Å². The summed E-state index contributed by atoms with van der Waals surface area (Å²) in [6.45, 7) is 1.41. The van der Waals surface area contributed by atoms with Gasteiger partial charge in [-0.05, 0) is 54.0 Å². The molecule has 1 N–H and O–H groups in total. The maximum atomic E-state index is 13.7. The van der Waals surface area contributed by atoms with Crippen LogP contribution in [0.25, 0.3) is 6.08 Å². The van der Waals surface area contributed by atoms with Crippen LogP contribution in [0.1, 0.15) is 36.1 Å². The number of esters is 1. The predicted octanol–water partition coefficient (Wildman–Crippen LogP) is 3.97. The molecule has 1 heterocycles. The van der Waals surface area contributed by atoms with E-state index in [-0.39, 0.29) is 23.6 Å². The van der Waals surface area contributed by atoms with Crippen molar-refractivity contribution in [3.05, 3.63) is 99.7 Å². The largest absolute Gasteiger partial charge is 0.493 e. The van der Waals surface area contributed by atoms with Crippen LogP contribution in [0.3, 0.4) is 0 Å². The van der Waals surface area contributed by atoms with E-state index in [1.165, 1.54) is 32.2 Å². The summed E-state index contributed by atoms with van der Waals surface area (Å²) in [4.78, 5) is 38.0. The molecule has 0 aromatic heterocycles. The summed E-state index contributed by atoms with van der Waals surface area (Å²) in [5.74, 6) is -0.376. The molecule has 1 unspecified atom stereocenters. The van der Waals surface area contributed by atoms with E-state index in [9.17, 15) is 28.1 Å². The van der Waals surface area contributed by atoms with Crippen molar-refractivity contribution in [3.8, 4) is 11.5 Å². The molecule has 13 heteroatoms. The number of rotatable bonds is 11. The molecule has 1 amide bonds. The lowest BCUT2D eigenvalue weighted by Crippen LogP contribution is -2.47. The van der Waals surface area contributed by atoms with Crippen molar-refractivity contribution < 1.29 is 37.1 Å². The van der Waals surface area contributed by atoms with Crippen molar-refractivity contribution >= 4 is 33.7 Å². The molecule has 0 saturated carbocycles. The third kappa shape index (κ3) is 6.75. The van der Waals surface area contributed by atoms with E-state index >= 15 is 0 Å². The number of nitro groups is 1. The van der Waals surface area contributed by atoms with Gasteiger partial charge in [0.05, 0.1) is 42.5 Å². The Hall–Kier alpha value is -4.75. The molecule has 12 nitrogen and oxygen atoms in total. The third-order valence-corrected chi connectivity index (χ3v) is 8.17. The number of methoxy groups -OCH3 is 2. The zero-order chi connectivity index (χ0) is 30.4. The minimum absolute atomic E-state index is 0.0421. The number of sulfonamides is 1. The number of non-ortho nitro benzene ring substituents is 1. The number of nitrogens with zero attached hydrogens (tertiary/aromatic N) is 2. The lowest BCUT2D eigenvalue weighted by atomic mass is 9.92. The molecule has 0 fully saturated rings. The van der Waals surface area contributed by atoms with Crippen molar-refractivity contribution in [2.24, 2.45) is 0 Å². The zero-order valence-electron chi connectivity index (χ0n) is 23.1. The Labute approximate surface area is 242 Å². The highest BCUT2D eigenvalue weighted by molar-refractivity contribution is 7.89. The van der Waals surface area contributed by atoms with E-state index in [2.05, 4.69) is 4.72 Å². The molecule has 220 valence electrons. The van der Waals surface area contributed by atoms with E-state index in [0.717, 1.165) is 29.8 Å². The minimum Gasteiger partial charge on any atom is -0.493 e. The van der Waals surface area contributed by atoms with Gasteiger partial charge in [0.25, 0.3) is 5.69 Å². The van der Waals surface area contributed by atoms with Gasteiger partial charge in [-0.15, -0.1) is 0 Å². The summed E-state index contributed by atoms with van der Waals surface area (Å²) < 4.78 is 44.6. The van der Waals surface area contributed by atoms with Gasteiger partial charge < -0.3 is 19.1 Å². The Morgan fingerprint density at radius 3 is 2.29 bits per heavy atom. The van der Waals surface area contributed by atoms with Crippen LogP contribution in [0.2, 0.25) is 0 Å². The second kappa shape index (κ2) is 12.8. The highest BCUT2D eigenvalue weighted by Crippen LogP contribution is 2.40. The minimum atomic E-state index is -4.22. The average Bonchev–Trinajstić information content (AvgIpc) is 2.99. The van der Waals surface area contributed by atoms with E-state index in [1.807, 2.05) is 30.3 Å². The highest BCUT2D eigenvalue weighted by Gasteiger charge is 2.35. The number of ether oxygens (including phenoxy) is 3. The molecule has 1 aliphatic rings. The summed E-state index contributed by atoms with van der Waals surface area (Å²) in [6, 6.07) is 14.7. The SMILES string of the molecule is COc1cc2c(cc1OC)C(CC(=O)OCc1ccccc1)N(C(=O)[C@H](C)NS(=O)(=O)c1ccc([N+](=O)[O-])cc1)C=C2. The Balaban J connectivity index is 1.59. The normalized spacial score (nSPS) is 14.9. The number of benzene rings is 3. The van der Waals surface area contributed by atoms with Crippen LogP contribution >= 0.6 is 0 Å². The lowest BCUT2D eigenvalue weighted by molar-refractivity contribution is -0.384. The van der Waals surface area contributed by atoms with Gasteiger partial charge in [-0.2, -0.15) is 4.72 Å². The maximum Gasteiger partial charge on any atom is 0.308 e. The van der Waals surface area contributed by atoms with E-state index < -0.39 is 38.9 Å². The van der Waals surface area contributed by atoms with Crippen LogP contribution < -0.4 is 14.2 Å². The molecule has 1 aliphatic heterocycles. The molecule has 42 heavy (non-hydrogen) atoms. The van der Waals surface area contributed by atoms with E-state index in [4.69, 9.17) is 14.2 Å². The first-order valence-electron chi connectivity index (χ1n) is 12.8. The molecule has 0 radical (unpaired) electrons. The smallest absolute Gasteiger partial charge is 0.308 e. The van der Waals surface area contributed by atoms with Crippen LogP contribution in [0, 0.1) is 10.1 Å². The number of carbonyl (C=O) groups excluding carboxylic acids is 2. The monoisotopic (exact) mass is 595 g/mol. The molecule has 0 saturated heterocycles. The molecular formula is C29H29N3O9S. The molecule has 4 rings (SSSR count). The standard InChI is InChI=1S/C29H29N3O9S/c1-19(30-42(37,38)23-11-9-22(10-12-23)32(35)36)29(34)31-14-13-21-15-26(39-2)27(40-3)16-24(21)25(31)17-28(33)41-18-20-7-5-4-6-8-20/h4-16,19,25,30H,17-18H2,1-3H3/t19-,25?/m0/s1. The Kier molecular flexibility index (Phi) is 9.23. The number of carbonyl (C=O) groups is 2. The molecule has 0 spiro atoms. The molecule has 3 aromatic rings. The summed E-state index contributed by atoms with van der Waals surface area (Å²) in [5, 5.41) is 10.9. The first-order valence-corrected chi connectivity index (χ1v) is 14.2. The van der Waals surface area contributed by atoms with Crippen molar-refractivity contribution in [1.82, 2.24) is 9.62 Å². The Morgan fingerprint density at radius 2 is 1.67 bits per heavy atom. The van der Waals surface area contributed by atoms with Gasteiger partial charge in [-0.3, -0.25) is 19.7 Å². The van der Waals surface area contributed by atoms with Gasteiger partial charge in [0.1, 0.15) is 6.61 Å². The lowest BCUT2D eigenvalue weighted by Gasteiger charge is -2.35. The molecule has 0 bridgehead atoms. The first-order chi connectivity index (χ1) is 20.0. The topological polar surface area (TPSA) is 154 Å². The predicted molar refractivity (Wildman–Crippen MR) is 152 cm³/mol. The molecule has 0 aliphatic carbocycles. The average molecular weight is 596 g/mol. The number of hydrogen-bond acceptors (Lipinski definition) is 9. The summed E-state index contributed by atoms with van der Waals surface area (Å²) >= 11 is 0. The summed E-state index contributed by atoms with van der Waals surface area (Å²) in [6.07, 6.45) is 2.90. The van der Waals surface area contributed by atoms with E-state index in [1.54, 1.807) is 18.2 Å². The summed E-state index contributed by atoms with van der Waals surface area (Å²) in [5.41, 5.74) is 1.77. The van der Waals surface area contributed by atoms with Crippen LogP contribution in [-0.4, -0.2) is 50.4 Å². The van der Waals surface area contributed by atoms with Crippen LogP contribution in [0.4, 0.5) is 5.69 Å². The molecular weight excluding hydrogens is 566 g/mol. The fourth-order valence-electron chi connectivity index (χ4n) is 4.47. The second-order valence-corrected chi connectivity index (χ2v) is 11.1. The summed E-state index contributed by atoms with van der Waals surface area (Å²) in [7, 11) is -1.27. The number of fused-ring (bicyclic) bond motifs is 1. The first kappa shape index (κ1) is 30.2. The van der Waals surface area contributed by atoms with Gasteiger partial charge in [0.15, 0.2) is 11.5 Å². The maximum absolute atomic E-state index is 13.7. The second-order valence-electron chi connectivity index (χ2n) is 9.36. The zero-order valence-corrected chi connectivity index (χ0v) is 23.9. The Morgan fingerprint density at radius 1 is 1.02 bits per heavy atom. The Bertz CT molecular complexity index is 1610. The molecule has 3 aromatic carbocycles. The number of amides is 1. The van der Waals surface area contributed by atoms with Gasteiger partial charge in [0.2, 0.25) is 15.9 Å². The quantitative estimate of drug-likeness (QED) is 0.197. The van der Waals surface area contributed by atoms with Crippen LogP contribution in [0.5, 0.6) is 11.5 Å². The van der Waals surface area contributed by atoms with Crippen LogP contribution in [0.15, 0.2) is 77.8 Å². The van der Waals surface area contributed by atoms with Gasteiger partial charge in [-0.25, -0.2) is 8.42 Å². The number of hydrogen-bond donors (Lipinski definition) is 1. The highest BCUT2D eigenvalue weighted by atomic mass is 32.2.